The summed E-state index contributed by atoms with van der Waals surface area (Å²) < 4.78 is 7.08. The number of carbonyl (C=O) groups excluding carboxylic acids is 2. The van der Waals surface area contributed by atoms with Crippen molar-refractivity contribution in [2.75, 3.05) is 13.7 Å². The molecule has 3 aromatic carbocycles. The Morgan fingerprint density at radius 3 is 2.38 bits per heavy atom. The summed E-state index contributed by atoms with van der Waals surface area (Å²) in [5.41, 5.74) is 11.5. The number of hydrogen-bond acceptors (Lipinski definition) is 5. The fraction of sp³-hybridized carbons (Fsp3) is 0.394. The highest BCUT2D eigenvalue weighted by Gasteiger charge is 2.31. The summed E-state index contributed by atoms with van der Waals surface area (Å²) in [7, 11) is 1.43. The van der Waals surface area contributed by atoms with Gasteiger partial charge in [0.15, 0.2) is 0 Å². The van der Waals surface area contributed by atoms with Crippen molar-refractivity contribution in [1.82, 2.24) is 19.9 Å². The minimum absolute atomic E-state index is 0.0574. The van der Waals surface area contributed by atoms with Crippen molar-refractivity contribution in [3.05, 3.63) is 92.5 Å². The number of nitrogens with zero attached hydrogens (tertiary/aromatic N) is 4. The van der Waals surface area contributed by atoms with E-state index in [2.05, 4.69) is 55.3 Å². The van der Waals surface area contributed by atoms with Gasteiger partial charge in [0.1, 0.15) is 5.52 Å². The minimum atomic E-state index is -0.416. The predicted molar refractivity (Wildman–Crippen MR) is 157 cm³/mol. The summed E-state index contributed by atoms with van der Waals surface area (Å²) in [5, 5.41) is 8.75. The largest absolute Gasteiger partial charge is 0.469 e. The van der Waals surface area contributed by atoms with Crippen LogP contribution >= 0.6 is 0 Å². The number of amides is 1. The minimum Gasteiger partial charge on any atom is -0.469 e. The summed E-state index contributed by atoms with van der Waals surface area (Å²) >= 11 is 0. The number of esters is 1. The first-order valence-corrected chi connectivity index (χ1v) is 14.0. The molecular weight excluding hydrogens is 500 g/mol. The van der Waals surface area contributed by atoms with Crippen molar-refractivity contribution in [3.8, 4) is 0 Å². The lowest BCUT2D eigenvalue weighted by atomic mass is 9.78. The van der Waals surface area contributed by atoms with Gasteiger partial charge in [0.2, 0.25) is 0 Å². The first-order chi connectivity index (χ1) is 19.1. The zero-order chi connectivity index (χ0) is 28.7. The predicted octanol–water partition coefficient (Wildman–Crippen LogP) is 5.82. The number of rotatable bonds is 6. The monoisotopic (exact) mass is 538 g/mol. The van der Waals surface area contributed by atoms with Gasteiger partial charge < -0.3 is 9.64 Å². The number of benzene rings is 3. The normalized spacial score (nSPS) is 14.6. The van der Waals surface area contributed by atoms with E-state index in [9.17, 15) is 9.59 Å². The second kappa shape index (κ2) is 10.9. The molecule has 1 amide bonds. The third-order valence-electron chi connectivity index (χ3n) is 8.75. The molecule has 208 valence electrons. The molecule has 0 spiro atoms. The highest BCUT2D eigenvalue weighted by Crippen LogP contribution is 2.38. The van der Waals surface area contributed by atoms with Crippen LogP contribution in [0.4, 0.5) is 0 Å². The van der Waals surface area contributed by atoms with Crippen LogP contribution in [0.1, 0.15) is 74.6 Å². The topological polar surface area (TPSA) is 77.3 Å². The van der Waals surface area contributed by atoms with Gasteiger partial charge >= 0.3 is 5.97 Å². The van der Waals surface area contributed by atoms with Crippen LogP contribution in [0.2, 0.25) is 0 Å². The molecule has 7 nitrogen and oxygen atoms in total. The summed E-state index contributed by atoms with van der Waals surface area (Å²) in [4.78, 5) is 28.4. The third-order valence-corrected chi connectivity index (χ3v) is 8.75. The average molecular weight is 539 g/mol. The van der Waals surface area contributed by atoms with Crippen molar-refractivity contribution in [3.63, 3.8) is 0 Å². The molecule has 0 radical (unpaired) electrons. The van der Waals surface area contributed by atoms with Crippen LogP contribution in [-0.2, 0) is 29.0 Å². The fourth-order valence-electron chi connectivity index (χ4n) is 6.10. The maximum absolute atomic E-state index is 13.5. The number of fused-ring (bicyclic) bond motifs is 2. The van der Waals surface area contributed by atoms with Crippen LogP contribution in [0.25, 0.3) is 11.0 Å². The highest BCUT2D eigenvalue weighted by molar-refractivity contribution is 5.95. The number of methoxy groups -OCH3 is 1. The van der Waals surface area contributed by atoms with E-state index >= 15 is 0 Å². The van der Waals surface area contributed by atoms with Gasteiger partial charge in [0, 0.05) is 31.1 Å². The van der Waals surface area contributed by atoms with Crippen LogP contribution in [0.3, 0.4) is 0 Å². The van der Waals surface area contributed by atoms with E-state index < -0.39 is 5.92 Å². The number of carbonyl (C=O) groups is 2. The molecule has 0 N–H and O–H groups in total. The van der Waals surface area contributed by atoms with Gasteiger partial charge in [0.05, 0.1) is 18.5 Å². The Balaban J connectivity index is 1.53. The van der Waals surface area contributed by atoms with Crippen molar-refractivity contribution >= 4 is 22.9 Å². The summed E-state index contributed by atoms with van der Waals surface area (Å²) in [6.07, 6.45) is 0.799. The molecule has 4 aromatic rings. The van der Waals surface area contributed by atoms with E-state index in [-0.39, 0.29) is 17.8 Å². The summed E-state index contributed by atoms with van der Waals surface area (Å²) in [6.45, 7) is 14.2. The zero-order valence-electron chi connectivity index (χ0n) is 24.5. The molecule has 1 unspecified atom stereocenters. The Kier molecular flexibility index (Phi) is 7.49. The maximum Gasteiger partial charge on any atom is 0.309 e. The molecule has 0 saturated heterocycles. The smallest absolute Gasteiger partial charge is 0.309 e. The maximum atomic E-state index is 13.5. The standard InChI is InChI=1S/C33H38N4O3/c1-8-37-29-12-11-28(22(5)31(29)34-35-37)30(23(6)33(39)40-7)25-10-9-24-13-14-36(18-27(24)17-25)32(38)26-15-19(2)21(4)20(3)16-26/h9-12,15-17,23,30H,8,13-14,18H2,1-7H3/t23?,30-/m0/s1. The van der Waals surface area contributed by atoms with Gasteiger partial charge in [-0.2, -0.15) is 0 Å². The van der Waals surface area contributed by atoms with Crippen molar-refractivity contribution in [1.29, 1.82) is 0 Å². The molecule has 7 heteroatoms. The van der Waals surface area contributed by atoms with Crippen molar-refractivity contribution in [2.45, 2.75) is 67.0 Å². The lowest BCUT2D eigenvalue weighted by Gasteiger charge is -2.31. The second-order valence-corrected chi connectivity index (χ2v) is 11.1. The van der Waals surface area contributed by atoms with Gasteiger partial charge in [0.25, 0.3) is 5.91 Å². The molecule has 2 heterocycles. The van der Waals surface area contributed by atoms with Gasteiger partial charge in [-0.05, 0) is 104 Å². The van der Waals surface area contributed by atoms with E-state index in [0.29, 0.717) is 13.1 Å². The Morgan fingerprint density at radius 1 is 0.975 bits per heavy atom. The van der Waals surface area contributed by atoms with Crippen LogP contribution in [0, 0.1) is 33.6 Å². The SMILES string of the molecule is CCn1nnc2c(C)c([C@H](c3ccc4c(c3)CN(C(=O)c3cc(C)c(C)c(C)c3)CC4)C(C)C(=O)OC)ccc21. The molecule has 1 aromatic heterocycles. The van der Waals surface area contributed by atoms with Crippen LogP contribution in [0.15, 0.2) is 42.5 Å². The molecule has 1 aliphatic heterocycles. The average Bonchev–Trinajstić information content (AvgIpc) is 3.39. The Morgan fingerprint density at radius 2 is 1.70 bits per heavy atom. The molecule has 40 heavy (non-hydrogen) atoms. The molecule has 2 atom stereocenters. The second-order valence-electron chi connectivity index (χ2n) is 11.1. The van der Waals surface area contributed by atoms with E-state index in [1.165, 1.54) is 18.2 Å². The Bertz CT molecular complexity index is 1600. The molecule has 0 saturated carbocycles. The van der Waals surface area contributed by atoms with Crippen LogP contribution < -0.4 is 0 Å². The quantitative estimate of drug-likeness (QED) is 0.289. The molecular formula is C33H38N4O3. The first-order valence-electron chi connectivity index (χ1n) is 14.0. The van der Waals surface area contributed by atoms with Crippen LogP contribution in [-0.4, -0.2) is 45.4 Å². The molecule has 0 aliphatic carbocycles. The van der Waals surface area contributed by atoms with Crippen molar-refractivity contribution < 1.29 is 14.3 Å². The van der Waals surface area contributed by atoms with E-state index in [0.717, 1.165) is 62.9 Å². The van der Waals surface area contributed by atoms with Crippen LogP contribution in [0.5, 0.6) is 0 Å². The molecule has 0 bridgehead atoms. The van der Waals surface area contributed by atoms with Gasteiger partial charge in [-0.15, -0.1) is 5.10 Å². The number of ether oxygens (including phenoxy) is 1. The first kappa shape index (κ1) is 27.6. The van der Waals surface area contributed by atoms with E-state index in [1.54, 1.807) is 0 Å². The lowest BCUT2D eigenvalue weighted by molar-refractivity contribution is -0.145. The molecule has 0 fully saturated rings. The fourth-order valence-corrected chi connectivity index (χ4v) is 6.10. The summed E-state index contributed by atoms with van der Waals surface area (Å²) in [5.74, 6) is -0.856. The zero-order valence-corrected chi connectivity index (χ0v) is 24.5. The molecule has 5 rings (SSSR count). The van der Waals surface area contributed by atoms with Gasteiger partial charge in [-0.1, -0.05) is 36.4 Å². The Labute approximate surface area is 236 Å². The third kappa shape index (κ3) is 4.78. The van der Waals surface area contributed by atoms with E-state index in [1.807, 2.05) is 48.6 Å². The van der Waals surface area contributed by atoms with Gasteiger partial charge in [-0.25, -0.2) is 4.68 Å². The summed E-state index contributed by atoms with van der Waals surface area (Å²) in [6, 6.07) is 14.6. The number of hydrogen-bond donors (Lipinski definition) is 0. The Hall–Kier alpha value is -4.00. The number of aromatic nitrogens is 3. The lowest BCUT2D eigenvalue weighted by Crippen LogP contribution is -2.36. The number of aryl methyl sites for hydroxylation is 4. The van der Waals surface area contributed by atoms with E-state index in [4.69, 9.17) is 4.74 Å². The van der Waals surface area contributed by atoms with Gasteiger partial charge in [-0.3, -0.25) is 9.59 Å². The highest BCUT2D eigenvalue weighted by atomic mass is 16.5. The van der Waals surface area contributed by atoms with Crippen molar-refractivity contribution in [2.24, 2.45) is 5.92 Å². The molecule has 1 aliphatic rings.